The van der Waals surface area contributed by atoms with Crippen LogP contribution in [0, 0.1) is 0 Å². The SMILES string of the molecule is CC/C=C1/C=C(c2cccnc2)C(NC)=CN1/C=C(\C)CCCN. The second-order valence-electron chi connectivity index (χ2n) is 5.90. The molecule has 0 aliphatic carbocycles. The lowest BCUT2D eigenvalue weighted by Gasteiger charge is -2.27. The Labute approximate surface area is 145 Å². The summed E-state index contributed by atoms with van der Waals surface area (Å²) in [5, 5.41) is 3.31. The highest BCUT2D eigenvalue weighted by molar-refractivity contribution is 5.81. The van der Waals surface area contributed by atoms with E-state index in [9.17, 15) is 0 Å². The van der Waals surface area contributed by atoms with Gasteiger partial charge in [-0.3, -0.25) is 4.98 Å². The Balaban J connectivity index is 2.37. The van der Waals surface area contributed by atoms with Gasteiger partial charge in [0.1, 0.15) is 0 Å². The Morgan fingerprint density at radius 3 is 2.88 bits per heavy atom. The first-order valence-electron chi connectivity index (χ1n) is 8.57. The molecule has 4 nitrogen and oxygen atoms in total. The molecule has 0 unspecified atom stereocenters. The van der Waals surface area contributed by atoms with Crippen molar-refractivity contribution in [2.75, 3.05) is 13.6 Å². The van der Waals surface area contributed by atoms with Crippen molar-refractivity contribution in [1.82, 2.24) is 15.2 Å². The fourth-order valence-electron chi connectivity index (χ4n) is 2.71. The lowest BCUT2D eigenvalue weighted by Crippen LogP contribution is -2.20. The number of nitrogens with two attached hydrogens (primary N) is 1. The first kappa shape index (κ1) is 18.0. The van der Waals surface area contributed by atoms with Crippen LogP contribution in [0.1, 0.15) is 38.7 Å². The largest absolute Gasteiger partial charge is 0.386 e. The Morgan fingerprint density at radius 1 is 1.42 bits per heavy atom. The van der Waals surface area contributed by atoms with Gasteiger partial charge in [0, 0.05) is 48.7 Å². The molecule has 0 atom stereocenters. The van der Waals surface area contributed by atoms with E-state index in [0.29, 0.717) is 0 Å². The van der Waals surface area contributed by atoms with E-state index in [4.69, 9.17) is 5.73 Å². The van der Waals surface area contributed by atoms with Crippen LogP contribution in [0.4, 0.5) is 0 Å². The highest BCUT2D eigenvalue weighted by atomic mass is 15.1. The summed E-state index contributed by atoms with van der Waals surface area (Å²) in [6, 6.07) is 4.06. The maximum Gasteiger partial charge on any atom is 0.0587 e. The summed E-state index contributed by atoms with van der Waals surface area (Å²) < 4.78 is 0. The van der Waals surface area contributed by atoms with Crippen molar-refractivity contribution in [2.24, 2.45) is 5.73 Å². The summed E-state index contributed by atoms with van der Waals surface area (Å²) in [7, 11) is 1.95. The van der Waals surface area contributed by atoms with Crippen LogP contribution in [0.2, 0.25) is 0 Å². The second-order valence-corrected chi connectivity index (χ2v) is 5.90. The zero-order valence-corrected chi connectivity index (χ0v) is 14.9. The van der Waals surface area contributed by atoms with E-state index in [1.54, 1.807) is 6.20 Å². The van der Waals surface area contributed by atoms with Crippen LogP contribution in [0.3, 0.4) is 0 Å². The number of hydrogen-bond donors (Lipinski definition) is 2. The zero-order chi connectivity index (χ0) is 17.4. The first-order valence-corrected chi connectivity index (χ1v) is 8.57. The smallest absolute Gasteiger partial charge is 0.0587 e. The van der Waals surface area contributed by atoms with Gasteiger partial charge in [-0.1, -0.05) is 24.6 Å². The fourth-order valence-corrected chi connectivity index (χ4v) is 2.71. The molecule has 3 N–H and O–H groups in total. The van der Waals surface area contributed by atoms with Crippen molar-refractivity contribution < 1.29 is 0 Å². The van der Waals surface area contributed by atoms with Crippen LogP contribution in [-0.2, 0) is 0 Å². The predicted molar refractivity (Wildman–Crippen MR) is 102 cm³/mol. The highest BCUT2D eigenvalue weighted by Crippen LogP contribution is 2.30. The summed E-state index contributed by atoms with van der Waals surface area (Å²) in [6.07, 6.45) is 15.5. The summed E-state index contributed by atoms with van der Waals surface area (Å²) in [4.78, 5) is 6.44. The van der Waals surface area contributed by atoms with Crippen molar-refractivity contribution in [3.05, 3.63) is 71.6 Å². The molecule has 0 saturated carbocycles. The minimum atomic E-state index is 0.728. The number of allylic oxidation sites excluding steroid dienone is 4. The minimum Gasteiger partial charge on any atom is -0.386 e. The highest BCUT2D eigenvalue weighted by Gasteiger charge is 2.17. The molecular formula is C20H28N4. The second kappa shape index (κ2) is 9.08. The third-order valence-corrected chi connectivity index (χ3v) is 3.94. The molecule has 4 heteroatoms. The Morgan fingerprint density at radius 2 is 2.25 bits per heavy atom. The summed E-state index contributed by atoms with van der Waals surface area (Å²) in [6.45, 7) is 5.04. The molecule has 1 aliphatic rings. The molecule has 128 valence electrons. The maximum absolute atomic E-state index is 5.62. The quantitative estimate of drug-likeness (QED) is 0.801. The van der Waals surface area contributed by atoms with Gasteiger partial charge in [0.25, 0.3) is 0 Å². The molecule has 0 bridgehead atoms. The maximum atomic E-state index is 5.62. The van der Waals surface area contributed by atoms with Crippen LogP contribution >= 0.6 is 0 Å². The van der Waals surface area contributed by atoms with E-state index in [1.165, 1.54) is 11.3 Å². The average molecular weight is 324 g/mol. The molecule has 0 aromatic carbocycles. The number of rotatable bonds is 7. The normalized spacial score (nSPS) is 16.9. The molecule has 0 fully saturated rings. The van der Waals surface area contributed by atoms with Gasteiger partial charge in [0.05, 0.1) is 5.70 Å². The molecule has 2 rings (SSSR count). The van der Waals surface area contributed by atoms with Gasteiger partial charge in [-0.05, 0) is 44.9 Å². The zero-order valence-electron chi connectivity index (χ0n) is 14.9. The number of pyridine rings is 1. The number of aromatic nitrogens is 1. The van der Waals surface area contributed by atoms with Gasteiger partial charge in [0.2, 0.25) is 0 Å². The molecule has 1 aliphatic heterocycles. The van der Waals surface area contributed by atoms with Gasteiger partial charge in [-0.2, -0.15) is 0 Å². The van der Waals surface area contributed by atoms with Crippen LogP contribution in [-0.4, -0.2) is 23.5 Å². The van der Waals surface area contributed by atoms with Crippen LogP contribution in [0.25, 0.3) is 5.57 Å². The van der Waals surface area contributed by atoms with Gasteiger partial charge in [-0.15, -0.1) is 0 Å². The van der Waals surface area contributed by atoms with E-state index in [1.807, 2.05) is 19.3 Å². The summed E-state index contributed by atoms with van der Waals surface area (Å²) in [5.41, 5.74) is 11.5. The van der Waals surface area contributed by atoms with E-state index in [0.717, 1.165) is 42.6 Å². The molecule has 1 aromatic heterocycles. The molecular weight excluding hydrogens is 296 g/mol. The van der Waals surface area contributed by atoms with E-state index >= 15 is 0 Å². The number of hydrogen-bond acceptors (Lipinski definition) is 4. The molecule has 2 heterocycles. The van der Waals surface area contributed by atoms with E-state index in [-0.39, 0.29) is 0 Å². The first-order chi connectivity index (χ1) is 11.7. The minimum absolute atomic E-state index is 0.728. The monoisotopic (exact) mass is 324 g/mol. The van der Waals surface area contributed by atoms with E-state index < -0.39 is 0 Å². The molecule has 1 aromatic rings. The Kier molecular flexibility index (Phi) is 6.82. The van der Waals surface area contributed by atoms with Crippen LogP contribution in [0.5, 0.6) is 0 Å². The van der Waals surface area contributed by atoms with Crippen LogP contribution in [0.15, 0.2) is 66.0 Å². The van der Waals surface area contributed by atoms with Crippen molar-refractivity contribution in [1.29, 1.82) is 0 Å². The topological polar surface area (TPSA) is 54.2 Å². The van der Waals surface area contributed by atoms with Crippen molar-refractivity contribution >= 4 is 5.57 Å². The van der Waals surface area contributed by atoms with Gasteiger partial charge in [0.15, 0.2) is 0 Å². The lowest BCUT2D eigenvalue weighted by atomic mass is 10.00. The van der Waals surface area contributed by atoms with Gasteiger partial charge < -0.3 is 16.0 Å². The predicted octanol–water partition coefficient (Wildman–Crippen LogP) is 3.78. The van der Waals surface area contributed by atoms with Crippen molar-refractivity contribution in [3.63, 3.8) is 0 Å². The fraction of sp³-hybridized carbons (Fsp3) is 0.350. The van der Waals surface area contributed by atoms with Gasteiger partial charge in [-0.25, -0.2) is 0 Å². The molecule has 0 amide bonds. The third kappa shape index (κ3) is 4.59. The standard InChI is InChI=1S/C20H28N4/c1-4-7-18-12-19(17-9-6-11-23-13-17)20(22-3)15-24(18)14-16(2)8-5-10-21/h6-7,9,11-15,22H,4-5,8,10,21H2,1-3H3/b16-14+,18-7-. The summed E-state index contributed by atoms with van der Waals surface area (Å²) in [5.74, 6) is 0. The lowest BCUT2D eigenvalue weighted by molar-refractivity contribution is 0.616. The summed E-state index contributed by atoms with van der Waals surface area (Å²) >= 11 is 0. The molecule has 24 heavy (non-hydrogen) atoms. The number of nitrogens with one attached hydrogen (secondary N) is 1. The van der Waals surface area contributed by atoms with E-state index in [2.05, 4.69) is 59.7 Å². The number of nitrogens with zero attached hydrogens (tertiary/aromatic N) is 2. The number of likely N-dealkylation sites (N-methyl/N-ethyl adjacent to an activating group) is 1. The van der Waals surface area contributed by atoms with Crippen molar-refractivity contribution in [3.8, 4) is 0 Å². The molecule has 0 spiro atoms. The molecule has 0 saturated heterocycles. The Bertz CT molecular complexity index is 653. The van der Waals surface area contributed by atoms with Crippen molar-refractivity contribution in [2.45, 2.75) is 33.1 Å². The average Bonchev–Trinajstić information content (AvgIpc) is 2.62. The van der Waals surface area contributed by atoms with Gasteiger partial charge >= 0.3 is 0 Å². The van der Waals surface area contributed by atoms with Crippen LogP contribution < -0.4 is 11.1 Å². The molecule has 0 radical (unpaired) electrons. The Hall–Kier alpha value is -2.33. The third-order valence-electron chi connectivity index (χ3n) is 3.94.